The van der Waals surface area contributed by atoms with E-state index >= 15 is 0 Å². The number of rotatable bonds is 5. The fraction of sp³-hybridized carbons (Fsp3) is 0.188. The van der Waals surface area contributed by atoms with Crippen LogP contribution in [0.1, 0.15) is 17.0 Å². The van der Waals surface area contributed by atoms with Crippen LogP contribution >= 0.6 is 0 Å². The van der Waals surface area contributed by atoms with Gasteiger partial charge in [0.25, 0.3) is 0 Å². The average molecular weight is 255 g/mol. The van der Waals surface area contributed by atoms with Crippen LogP contribution in [0.3, 0.4) is 0 Å². The van der Waals surface area contributed by atoms with Crippen LogP contribution in [0.5, 0.6) is 0 Å². The zero-order chi connectivity index (χ0) is 13.5. The van der Waals surface area contributed by atoms with Crippen molar-refractivity contribution < 1.29 is 9.90 Å². The molecule has 3 heteroatoms. The first kappa shape index (κ1) is 13.3. The smallest absolute Gasteiger partial charge is 0.245 e. The average Bonchev–Trinajstić information content (AvgIpc) is 2.49. The van der Waals surface area contributed by atoms with E-state index < -0.39 is 6.61 Å². The third-order valence-corrected chi connectivity index (χ3v) is 3.05. The Kier molecular flexibility index (Phi) is 4.70. The first-order valence-corrected chi connectivity index (χ1v) is 6.28. The molecule has 19 heavy (non-hydrogen) atoms. The van der Waals surface area contributed by atoms with Gasteiger partial charge < -0.3 is 10.4 Å². The Hall–Kier alpha value is -2.13. The van der Waals surface area contributed by atoms with Crippen molar-refractivity contribution in [2.45, 2.75) is 5.92 Å². The first-order chi connectivity index (χ1) is 9.31. The third kappa shape index (κ3) is 3.66. The highest BCUT2D eigenvalue weighted by Gasteiger charge is 2.14. The maximum atomic E-state index is 11.2. The molecule has 2 rings (SSSR count). The number of aliphatic hydroxyl groups excluding tert-OH is 1. The van der Waals surface area contributed by atoms with Crippen LogP contribution in [0.4, 0.5) is 0 Å². The van der Waals surface area contributed by atoms with Crippen molar-refractivity contribution in [3.63, 3.8) is 0 Å². The highest BCUT2D eigenvalue weighted by atomic mass is 16.3. The molecule has 0 aliphatic heterocycles. The van der Waals surface area contributed by atoms with E-state index in [0.29, 0.717) is 6.54 Å². The zero-order valence-electron chi connectivity index (χ0n) is 10.6. The molecular formula is C16H17NO2. The van der Waals surface area contributed by atoms with E-state index in [1.54, 1.807) is 0 Å². The van der Waals surface area contributed by atoms with Crippen LogP contribution in [0.2, 0.25) is 0 Å². The lowest BCUT2D eigenvalue weighted by Gasteiger charge is -2.18. The molecule has 0 saturated carbocycles. The minimum absolute atomic E-state index is 0.0953. The predicted molar refractivity (Wildman–Crippen MR) is 74.8 cm³/mol. The van der Waals surface area contributed by atoms with Crippen molar-refractivity contribution in [2.75, 3.05) is 13.2 Å². The molecule has 0 spiro atoms. The highest BCUT2D eigenvalue weighted by Crippen LogP contribution is 2.23. The van der Waals surface area contributed by atoms with Gasteiger partial charge in [-0.15, -0.1) is 0 Å². The Morgan fingerprint density at radius 3 is 1.84 bits per heavy atom. The number of carbonyl (C=O) groups is 1. The Balaban J connectivity index is 2.21. The second kappa shape index (κ2) is 6.71. The van der Waals surface area contributed by atoms with Gasteiger partial charge in [-0.3, -0.25) is 4.79 Å². The van der Waals surface area contributed by atoms with Gasteiger partial charge in [0.2, 0.25) is 5.91 Å². The van der Waals surface area contributed by atoms with Crippen LogP contribution in [-0.2, 0) is 4.79 Å². The molecule has 0 atom stereocenters. The number of hydrogen-bond acceptors (Lipinski definition) is 2. The quantitative estimate of drug-likeness (QED) is 0.857. The van der Waals surface area contributed by atoms with Gasteiger partial charge in [-0.25, -0.2) is 0 Å². The fourth-order valence-electron chi connectivity index (χ4n) is 2.07. The van der Waals surface area contributed by atoms with Crippen LogP contribution in [0.15, 0.2) is 60.7 Å². The van der Waals surface area contributed by atoms with Crippen LogP contribution in [0.25, 0.3) is 0 Å². The topological polar surface area (TPSA) is 49.3 Å². The van der Waals surface area contributed by atoms with E-state index in [-0.39, 0.29) is 11.8 Å². The Bertz CT molecular complexity index is 471. The van der Waals surface area contributed by atoms with Crippen molar-refractivity contribution in [3.8, 4) is 0 Å². The number of hydrogen-bond donors (Lipinski definition) is 2. The maximum Gasteiger partial charge on any atom is 0.245 e. The standard InChI is InChI=1S/C16H17NO2/c18-12-16(19)17-11-15(13-7-3-1-4-8-13)14-9-5-2-6-10-14/h1-10,15,18H,11-12H2,(H,17,19). The summed E-state index contributed by atoms with van der Waals surface area (Å²) in [6.45, 7) is 0.00369. The van der Waals surface area contributed by atoms with Crippen LogP contribution < -0.4 is 5.32 Å². The highest BCUT2D eigenvalue weighted by molar-refractivity contribution is 5.77. The summed E-state index contributed by atoms with van der Waals surface area (Å²) >= 11 is 0. The number of amides is 1. The van der Waals surface area contributed by atoms with E-state index in [9.17, 15) is 4.79 Å². The summed E-state index contributed by atoms with van der Waals surface area (Å²) in [6.07, 6.45) is 0. The monoisotopic (exact) mass is 255 g/mol. The molecule has 0 fully saturated rings. The molecule has 0 bridgehead atoms. The van der Waals surface area contributed by atoms with Crippen LogP contribution in [0, 0.1) is 0 Å². The molecule has 0 radical (unpaired) electrons. The first-order valence-electron chi connectivity index (χ1n) is 6.28. The lowest BCUT2D eigenvalue weighted by atomic mass is 9.91. The van der Waals surface area contributed by atoms with E-state index in [4.69, 9.17) is 5.11 Å². The molecule has 2 aromatic carbocycles. The SMILES string of the molecule is O=C(CO)NCC(c1ccccc1)c1ccccc1. The summed E-state index contributed by atoms with van der Waals surface area (Å²) in [4.78, 5) is 11.2. The summed E-state index contributed by atoms with van der Waals surface area (Å²) in [6, 6.07) is 20.1. The summed E-state index contributed by atoms with van der Waals surface area (Å²) in [7, 11) is 0. The molecule has 98 valence electrons. The molecule has 0 aliphatic rings. The van der Waals surface area contributed by atoms with Gasteiger partial charge in [0.15, 0.2) is 0 Å². The lowest BCUT2D eigenvalue weighted by Crippen LogP contribution is -2.30. The number of aliphatic hydroxyl groups is 1. The number of carbonyl (C=O) groups excluding carboxylic acids is 1. The van der Waals surface area contributed by atoms with Crippen molar-refractivity contribution in [1.29, 1.82) is 0 Å². The van der Waals surface area contributed by atoms with E-state index in [2.05, 4.69) is 5.32 Å². The van der Waals surface area contributed by atoms with Crippen molar-refractivity contribution in [1.82, 2.24) is 5.32 Å². The predicted octanol–water partition coefficient (Wildman–Crippen LogP) is 1.93. The Morgan fingerprint density at radius 2 is 1.42 bits per heavy atom. The number of nitrogens with one attached hydrogen (secondary N) is 1. The van der Waals surface area contributed by atoms with Crippen molar-refractivity contribution >= 4 is 5.91 Å². The third-order valence-electron chi connectivity index (χ3n) is 3.05. The van der Waals surface area contributed by atoms with E-state index in [1.807, 2.05) is 60.7 Å². The zero-order valence-corrected chi connectivity index (χ0v) is 10.6. The van der Waals surface area contributed by atoms with E-state index in [1.165, 1.54) is 0 Å². The normalized spacial score (nSPS) is 10.4. The van der Waals surface area contributed by atoms with Gasteiger partial charge in [-0.1, -0.05) is 60.7 Å². The van der Waals surface area contributed by atoms with E-state index in [0.717, 1.165) is 11.1 Å². The molecular weight excluding hydrogens is 238 g/mol. The second-order valence-electron chi connectivity index (χ2n) is 4.34. The summed E-state index contributed by atoms with van der Waals surface area (Å²) in [5.41, 5.74) is 2.29. The number of benzene rings is 2. The Morgan fingerprint density at radius 1 is 0.947 bits per heavy atom. The van der Waals surface area contributed by atoms with Gasteiger partial charge in [-0.2, -0.15) is 0 Å². The molecule has 0 aliphatic carbocycles. The van der Waals surface area contributed by atoms with Crippen molar-refractivity contribution in [2.24, 2.45) is 0 Å². The van der Waals surface area contributed by atoms with Crippen molar-refractivity contribution in [3.05, 3.63) is 71.8 Å². The van der Waals surface area contributed by atoms with Crippen LogP contribution in [-0.4, -0.2) is 24.2 Å². The van der Waals surface area contributed by atoms with Gasteiger partial charge in [-0.05, 0) is 11.1 Å². The summed E-state index contributed by atoms with van der Waals surface area (Å²) in [5.74, 6) is -0.255. The second-order valence-corrected chi connectivity index (χ2v) is 4.34. The van der Waals surface area contributed by atoms with Gasteiger partial charge in [0.1, 0.15) is 6.61 Å². The molecule has 2 aromatic rings. The summed E-state index contributed by atoms with van der Waals surface area (Å²) in [5, 5.41) is 11.5. The largest absolute Gasteiger partial charge is 0.387 e. The van der Waals surface area contributed by atoms with Gasteiger partial charge in [0, 0.05) is 12.5 Å². The minimum atomic E-state index is -0.476. The van der Waals surface area contributed by atoms with Gasteiger partial charge >= 0.3 is 0 Å². The minimum Gasteiger partial charge on any atom is -0.387 e. The fourth-order valence-corrected chi connectivity index (χ4v) is 2.07. The lowest BCUT2D eigenvalue weighted by molar-refractivity contribution is -0.123. The Labute approximate surface area is 112 Å². The maximum absolute atomic E-state index is 11.2. The summed E-state index contributed by atoms with van der Waals surface area (Å²) < 4.78 is 0. The molecule has 0 heterocycles. The molecule has 0 unspecified atom stereocenters. The molecule has 3 nitrogen and oxygen atoms in total. The molecule has 2 N–H and O–H groups in total. The molecule has 1 amide bonds. The molecule has 0 aromatic heterocycles. The van der Waals surface area contributed by atoms with Gasteiger partial charge in [0.05, 0.1) is 0 Å². The molecule has 0 saturated heterocycles.